The van der Waals surface area contributed by atoms with E-state index in [-0.39, 0.29) is 35.9 Å². The first-order valence-electron chi connectivity index (χ1n) is 10.8. The lowest BCUT2D eigenvalue weighted by Crippen LogP contribution is -2.47. The third-order valence-electron chi connectivity index (χ3n) is 5.15. The fraction of sp³-hybridized carbons (Fsp3) is 0.545. The maximum absolute atomic E-state index is 12.2. The number of benzene rings is 1. The molecule has 0 saturated carbocycles. The molecule has 1 aliphatic rings. The Morgan fingerprint density at radius 3 is 2.84 bits per heavy atom. The van der Waals surface area contributed by atoms with Crippen molar-refractivity contribution in [2.24, 2.45) is 4.99 Å². The fourth-order valence-corrected chi connectivity index (χ4v) is 3.56. The number of nitrogens with one attached hydrogen (secondary N) is 2. The average Bonchev–Trinajstić information content (AvgIpc) is 3.16. The molecule has 2 aromatic rings. The maximum atomic E-state index is 12.2. The van der Waals surface area contributed by atoms with E-state index >= 15 is 0 Å². The van der Waals surface area contributed by atoms with Gasteiger partial charge in [0.05, 0.1) is 6.54 Å². The van der Waals surface area contributed by atoms with Gasteiger partial charge in [-0.15, -0.1) is 24.0 Å². The lowest BCUT2D eigenvalue weighted by atomic mass is 10.1. The molecule has 1 aromatic carbocycles. The predicted octanol–water partition coefficient (Wildman–Crippen LogP) is 2.27. The topological polar surface area (TPSA) is 87.4 Å². The van der Waals surface area contributed by atoms with Crippen LogP contribution in [0.25, 0.3) is 0 Å². The Kier molecular flexibility index (Phi) is 9.73. The van der Waals surface area contributed by atoms with Crippen molar-refractivity contribution in [1.82, 2.24) is 30.3 Å². The van der Waals surface area contributed by atoms with Gasteiger partial charge in [0.15, 0.2) is 11.8 Å². The van der Waals surface area contributed by atoms with Gasteiger partial charge in [0.1, 0.15) is 5.82 Å². The minimum atomic E-state index is 0. The number of rotatable bonds is 7. The molecule has 1 aliphatic heterocycles. The van der Waals surface area contributed by atoms with Crippen molar-refractivity contribution in [3.63, 3.8) is 0 Å². The van der Waals surface area contributed by atoms with E-state index in [2.05, 4.69) is 34.6 Å². The fourth-order valence-electron chi connectivity index (χ4n) is 3.56. The molecule has 2 heterocycles. The molecule has 0 aliphatic carbocycles. The summed E-state index contributed by atoms with van der Waals surface area (Å²) in [5.41, 5.74) is 1.82. The van der Waals surface area contributed by atoms with Gasteiger partial charge in [0, 0.05) is 51.6 Å². The molecule has 0 fully saturated rings. The van der Waals surface area contributed by atoms with E-state index in [1.807, 2.05) is 28.9 Å². The van der Waals surface area contributed by atoms with Crippen LogP contribution in [-0.4, -0.2) is 64.8 Å². The zero-order valence-electron chi connectivity index (χ0n) is 18.9. The van der Waals surface area contributed by atoms with Gasteiger partial charge in [-0.1, -0.05) is 19.1 Å². The van der Waals surface area contributed by atoms with Gasteiger partial charge in [-0.25, -0.2) is 9.67 Å². The molecule has 170 valence electrons. The van der Waals surface area contributed by atoms with Crippen LogP contribution in [0.5, 0.6) is 0 Å². The van der Waals surface area contributed by atoms with Crippen molar-refractivity contribution in [2.75, 3.05) is 27.2 Å². The second kappa shape index (κ2) is 12.0. The smallest absolute Gasteiger partial charge is 0.253 e. The van der Waals surface area contributed by atoms with Crippen molar-refractivity contribution in [3.8, 4) is 0 Å². The number of aliphatic imine (C=N–C) groups is 1. The third-order valence-corrected chi connectivity index (χ3v) is 5.15. The largest absolute Gasteiger partial charge is 0.357 e. The van der Waals surface area contributed by atoms with Crippen molar-refractivity contribution >= 4 is 35.8 Å². The summed E-state index contributed by atoms with van der Waals surface area (Å²) in [6.45, 7) is 6.41. The number of aryl methyl sites for hydroxylation is 2. The summed E-state index contributed by atoms with van der Waals surface area (Å²) >= 11 is 0. The number of hydrogen-bond acceptors (Lipinski definition) is 4. The highest BCUT2D eigenvalue weighted by Crippen LogP contribution is 2.13. The van der Waals surface area contributed by atoms with Crippen LogP contribution >= 0.6 is 24.0 Å². The van der Waals surface area contributed by atoms with Gasteiger partial charge in [0.25, 0.3) is 5.91 Å². The van der Waals surface area contributed by atoms with Gasteiger partial charge >= 0.3 is 0 Å². The number of nitrogens with zero attached hydrogens (tertiary/aromatic N) is 5. The Hall–Kier alpha value is -2.17. The zero-order valence-corrected chi connectivity index (χ0v) is 21.2. The number of halogens is 1. The van der Waals surface area contributed by atoms with Crippen LogP contribution in [0, 0.1) is 0 Å². The van der Waals surface area contributed by atoms with Crippen LogP contribution in [0.1, 0.15) is 47.8 Å². The molecular weight excluding hydrogens is 505 g/mol. The van der Waals surface area contributed by atoms with Crippen molar-refractivity contribution in [1.29, 1.82) is 0 Å². The molecule has 3 rings (SSSR count). The van der Waals surface area contributed by atoms with Gasteiger partial charge in [-0.3, -0.25) is 9.79 Å². The third kappa shape index (κ3) is 6.91. The minimum absolute atomic E-state index is 0. The molecule has 1 amide bonds. The molecule has 2 N–H and O–H groups in total. The van der Waals surface area contributed by atoms with E-state index in [0.717, 1.165) is 61.9 Å². The Morgan fingerprint density at radius 1 is 1.32 bits per heavy atom. The van der Waals surface area contributed by atoms with E-state index in [1.165, 1.54) is 0 Å². The number of carbonyl (C=O) groups excluding carboxylic acids is 1. The highest BCUT2D eigenvalue weighted by atomic mass is 127. The first-order valence-corrected chi connectivity index (χ1v) is 10.8. The second-order valence-electron chi connectivity index (χ2n) is 7.77. The summed E-state index contributed by atoms with van der Waals surface area (Å²) in [6.07, 6.45) is 3.59. The van der Waals surface area contributed by atoms with E-state index in [1.54, 1.807) is 19.0 Å². The lowest BCUT2D eigenvalue weighted by Gasteiger charge is -2.25. The van der Waals surface area contributed by atoms with E-state index in [4.69, 9.17) is 4.99 Å². The normalized spacial score (nSPS) is 15.6. The highest BCUT2D eigenvalue weighted by Gasteiger charge is 2.22. The predicted molar refractivity (Wildman–Crippen MR) is 134 cm³/mol. The van der Waals surface area contributed by atoms with Gasteiger partial charge in [-0.05, 0) is 37.5 Å². The summed E-state index contributed by atoms with van der Waals surface area (Å²) in [5, 5.41) is 11.5. The second-order valence-corrected chi connectivity index (χ2v) is 7.77. The Morgan fingerprint density at radius 2 is 2.13 bits per heavy atom. The molecule has 9 heteroatoms. The molecule has 0 bridgehead atoms. The lowest BCUT2D eigenvalue weighted by molar-refractivity contribution is 0.0827. The Labute approximate surface area is 201 Å². The molecule has 0 radical (unpaired) electrons. The summed E-state index contributed by atoms with van der Waals surface area (Å²) in [5.74, 6) is 2.84. The standard InChI is InChI=1S/C22H33N7O.HI/c1-5-19-26-20-11-10-18(15-29(20)27-19)25-22(23-6-2)24-13-12-16-8-7-9-17(14-16)21(30)28(3)4;/h7-9,14,18H,5-6,10-13,15H2,1-4H3,(H2,23,24,25);1H. The first-order chi connectivity index (χ1) is 14.5. The Balaban J connectivity index is 0.00000341. The molecule has 1 atom stereocenters. The van der Waals surface area contributed by atoms with E-state index in [0.29, 0.717) is 12.1 Å². The van der Waals surface area contributed by atoms with Crippen LogP contribution in [0.4, 0.5) is 0 Å². The van der Waals surface area contributed by atoms with Crippen LogP contribution < -0.4 is 10.6 Å². The summed E-state index contributed by atoms with van der Waals surface area (Å²) in [4.78, 5) is 23.1. The number of aromatic nitrogens is 3. The summed E-state index contributed by atoms with van der Waals surface area (Å²) < 4.78 is 2.02. The quantitative estimate of drug-likeness (QED) is 0.321. The number of fused-ring (bicyclic) bond motifs is 1. The van der Waals surface area contributed by atoms with Crippen LogP contribution in [0.15, 0.2) is 29.3 Å². The molecular formula is C22H34IN7O. The number of guanidine groups is 1. The van der Waals surface area contributed by atoms with Crippen LogP contribution in [-0.2, 0) is 25.8 Å². The van der Waals surface area contributed by atoms with Crippen molar-refractivity contribution < 1.29 is 4.79 Å². The SMILES string of the molecule is CCNC(=NCCc1cccc(C(=O)N(C)C)c1)NC1CCc2nc(CC)nn2C1.I. The van der Waals surface area contributed by atoms with E-state index in [9.17, 15) is 4.79 Å². The molecule has 31 heavy (non-hydrogen) atoms. The zero-order chi connectivity index (χ0) is 21.5. The first kappa shape index (κ1) is 25.1. The Bertz CT molecular complexity index is 894. The van der Waals surface area contributed by atoms with E-state index < -0.39 is 0 Å². The maximum Gasteiger partial charge on any atom is 0.253 e. The van der Waals surface area contributed by atoms with Gasteiger partial charge in [0.2, 0.25) is 0 Å². The average molecular weight is 539 g/mol. The minimum Gasteiger partial charge on any atom is -0.357 e. The summed E-state index contributed by atoms with van der Waals surface area (Å²) in [7, 11) is 3.54. The summed E-state index contributed by atoms with van der Waals surface area (Å²) in [6, 6.07) is 8.06. The van der Waals surface area contributed by atoms with Gasteiger partial charge < -0.3 is 15.5 Å². The number of carbonyl (C=O) groups is 1. The molecule has 1 unspecified atom stereocenters. The highest BCUT2D eigenvalue weighted by molar-refractivity contribution is 14.0. The van der Waals surface area contributed by atoms with Gasteiger partial charge in [-0.2, -0.15) is 5.10 Å². The van der Waals surface area contributed by atoms with Crippen LogP contribution in [0.3, 0.4) is 0 Å². The molecule has 0 saturated heterocycles. The monoisotopic (exact) mass is 539 g/mol. The molecule has 1 aromatic heterocycles. The molecule has 0 spiro atoms. The van der Waals surface area contributed by atoms with Crippen LogP contribution in [0.2, 0.25) is 0 Å². The van der Waals surface area contributed by atoms with Crippen molar-refractivity contribution in [2.45, 2.75) is 52.1 Å². The number of amides is 1. The number of hydrogen-bond donors (Lipinski definition) is 2. The molecule has 8 nitrogen and oxygen atoms in total. The van der Waals surface area contributed by atoms with Crippen molar-refractivity contribution in [3.05, 3.63) is 47.0 Å².